The first-order chi connectivity index (χ1) is 5.34. The zero-order chi connectivity index (χ0) is 8.10. The van der Waals surface area contributed by atoms with Gasteiger partial charge in [0, 0.05) is 12.6 Å². The van der Waals surface area contributed by atoms with E-state index in [0.29, 0.717) is 6.04 Å². The summed E-state index contributed by atoms with van der Waals surface area (Å²) in [7, 11) is 3.85. The third-order valence-corrected chi connectivity index (χ3v) is 2.38. The molecule has 1 rings (SSSR count). The fraction of sp³-hybridized carbons (Fsp3) is 1.00. The molecule has 3 heteroatoms. The van der Waals surface area contributed by atoms with E-state index in [1.165, 1.54) is 25.8 Å². The van der Waals surface area contributed by atoms with Crippen LogP contribution < -0.4 is 5.48 Å². The fourth-order valence-corrected chi connectivity index (χ4v) is 1.58. The number of hydrogen-bond donors (Lipinski definition) is 1. The lowest BCUT2D eigenvalue weighted by molar-refractivity contribution is 0.0592. The molecule has 1 N–H and O–H groups in total. The van der Waals surface area contributed by atoms with Crippen LogP contribution in [0.3, 0.4) is 0 Å². The summed E-state index contributed by atoms with van der Waals surface area (Å²) in [5, 5.41) is 0. The molecule has 0 spiro atoms. The molecular weight excluding hydrogens is 152 g/mol. The molecule has 0 aromatic carbocycles. The number of nitrogens with zero attached hydrogens (tertiary/aromatic N) is 1. The second kappa shape index (κ2) is 6.40. The number of nitrogens with one attached hydrogen (secondary N) is 1. The molecule has 0 amide bonds. The normalized spacial score (nSPS) is 25.0. The SMILES string of the molecule is C.CONCC1CCCCN1C. The van der Waals surface area contributed by atoms with Crippen molar-refractivity contribution >= 4 is 0 Å². The molecule has 1 aliphatic heterocycles. The van der Waals surface area contributed by atoms with Crippen molar-refractivity contribution in [3.05, 3.63) is 0 Å². The first-order valence-electron chi connectivity index (χ1n) is 4.30. The standard InChI is InChI=1S/C8H18N2O.CH4/c1-10-6-4-3-5-8(10)7-9-11-2;/h8-9H,3-7H2,1-2H3;1H4. The van der Waals surface area contributed by atoms with Crippen LogP contribution in [0.2, 0.25) is 0 Å². The van der Waals surface area contributed by atoms with E-state index in [2.05, 4.69) is 17.4 Å². The van der Waals surface area contributed by atoms with Crippen LogP contribution in [0, 0.1) is 0 Å². The Morgan fingerprint density at radius 2 is 2.25 bits per heavy atom. The zero-order valence-corrected chi connectivity index (χ0v) is 7.47. The number of rotatable bonds is 3. The summed E-state index contributed by atoms with van der Waals surface area (Å²) in [6.07, 6.45) is 4.01. The second-order valence-corrected chi connectivity index (χ2v) is 3.18. The van der Waals surface area contributed by atoms with Crippen molar-refractivity contribution in [2.45, 2.75) is 32.7 Å². The molecule has 1 saturated heterocycles. The molecule has 0 radical (unpaired) electrons. The average molecular weight is 174 g/mol. The van der Waals surface area contributed by atoms with E-state index in [1.807, 2.05) is 0 Å². The van der Waals surface area contributed by atoms with Gasteiger partial charge < -0.3 is 9.74 Å². The summed E-state index contributed by atoms with van der Waals surface area (Å²) >= 11 is 0. The van der Waals surface area contributed by atoms with Crippen molar-refractivity contribution in [3.63, 3.8) is 0 Å². The van der Waals surface area contributed by atoms with E-state index in [0.717, 1.165) is 6.54 Å². The van der Waals surface area contributed by atoms with Crippen molar-refractivity contribution in [3.8, 4) is 0 Å². The van der Waals surface area contributed by atoms with E-state index in [4.69, 9.17) is 4.84 Å². The molecule has 1 fully saturated rings. The van der Waals surface area contributed by atoms with Crippen molar-refractivity contribution in [2.75, 3.05) is 27.2 Å². The Balaban J connectivity index is 0.00000121. The average Bonchev–Trinajstić information content (AvgIpc) is 2.03. The maximum atomic E-state index is 4.82. The molecule has 3 nitrogen and oxygen atoms in total. The molecule has 12 heavy (non-hydrogen) atoms. The lowest BCUT2D eigenvalue weighted by Gasteiger charge is -2.32. The first kappa shape index (κ1) is 11.9. The number of likely N-dealkylation sites (N-methyl/N-ethyl adjacent to an activating group) is 1. The van der Waals surface area contributed by atoms with Crippen molar-refractivity contribution < 1.29 is 4.84 Å². The van der Waals surface area contributed by atoms with Crippen LogP contribution in [0.4, 0.5) is 0 Å². The molecule has 1 atom stereocenters. The molecule has 1 heterocycles. The van der Waals surface area contributed by atoms with Gasteiger partial charge in [0.05, 0.1) is 7.11 Å². The summed E-state index contributed by atoms with van der Waals surface area (Å²) < 4.78 is 0. The Labute approximate surface area is 76.0 Å². The maximum absolute atomic E-state index is 4.82. The van der Waals surface area contributed by atoms with Gasteiger partial charge in [-0.2, -0.15) is 0 Å². The van der Waals surface area contributed by atoms with Gasteiger partial charge in [0.2, 0.25) is 0 Å². The minimum absolute atomic E-state index is 0. The second-order valence-electron chi connectivity index (χ2n) is 3.18. The van der Waals surface area contributed by atoms with Gasteiger partial charge in [-0.3, -0.25) is 0 Å². The molecule has 74 valence electrons. The summed E-state index contributed by atoms with van der Waals surface area (Å²) in [6.45, 7) is 2.18. The summed E-state index contributed by atoms with van der Waals surface area (Å²) in [6, 6.07) is 0.670. The lowest BCUT2D eigenvalue weighted by Crippen LogP contribution is -2.42. The summed E-state index contributed by atoms with van der Waals surface area (Å²) in [5.41, 5.74) is 2.91. The van der Waals surface area contributed by atoms with Gasteiger partial charge in [0.15, 0.2) is 0 Å². The van der Waals surface area contributed by atoms with Crippen LogP contribution in [0.15, 0.2) is 0 Å². The van der Waals surface area contributed by atoms with Crippen LogP contribution in [0.1, 0.15) is 26.7 Å². The molecule has 0 aliphatic carbocycles. The maximum Gasteiger partial charge on any atom is 0.0572 e. The molecule has 0 saturated carbocycles. The van der Waals surface area contributed by atoms with E-state index >= 15 is 0 Å². The monoisotopic (exact) mass is 174 g/mol. The van der Waals surface area contributed by atoms with Gasteiger partial charge in [-0.25, -0.2) is 5.48 Å². The zero-order valence-electron chi connectivity index (χ0n) is 7.47. The van der Waals surface area contributed by atoms with Gasteiger partial charge in [-0.15, -0.1) is 0 Å². The Morgan fingerprint density at radius 3 is 2.83 bits per heavy atom. The highest BCUT2D eigenvalue weighted by atomic mass is 16.6. The molecule has 1 aliphatic rings. The van der Waals surface area contributed by atoms with Crippen molar-refractivity contribution in [1.29, 1.82) is 0 Å². The third-order valence-electron chi connectivity index (χ3n) is 2.38. The predicted octanol–water partition coefficient (Wildman–Crippen LogP) is 1.26. The number of hydroxylamine groups is 1. The molecular formula is C9H22N2O. The van der Waals surface area contributed by atoms with Gasteiger partial charge in [-0.05, 0) is 26.4 Å². The van der Waals surface area contributed by atoms with Crippen LogP contribution >= 0.6 is 0 Å². The van der Waals surface area contributed by atoms with Crippen LogP contribution in [-0.2, 0) is 4.84 Å². The summed E-state index contributed by atoms with van der Waals surface area (Å²) in [5.74, 6) is 0. The van der Waals surface area contributed by atoms with E-state index < -0.39 is 0 Å². The Bertz CT molecular complexity index is 109. The van der Waals surface area contributed by atoms with Crippen LogP contribution in [0.5, 0.6) is 0 Å². The van der Waals surface area contributed by atoms with E-state index in [9.17, 15) is 0 Å². The minimum Gasteiger partial charge on any atom is -0.305 e. The lowest BCUT2D eigenvalue weighted by atomic mass is 10.0. The smallest absolute Gasteiger partial charge is 0.0572 e. The Kier molecular flexibility index (Phi) is 6.34. The molecule has 0 aromatic heterocycles. The highest BCUT2D eigenvalue weighted by Crippen LogP contribution is 2.13. The van der Waals surface area contributed by atoms with E-state index in [-0.39, 0.29) is 7.43 Å². The van der Waals surface area contributed by atoms with Gasteiger partial charge >= 0.3 is 0 Å². The number of hydrogen-bond acceptors (Lipinski definition) is 3. The summed E-state index contributed by atoms with van der Waals surface area (Å²) in [4.78, 5) is 7.21. The van der Waals surface area contributed by atoms with E-state index in [1.54, 1.807) is 7.11 Å². The van der Waals surface area contributed by atoms with Gasteiger partial charge in [-0.1, -0.05) is 13.8 Å². The number of piperidine rings is 1. The predicted molar refractivity (Wildman–Crippen MR) is 52.0 cm³/mol. The van der Waals surface area contributed by atoms with Gasteiger partial charge in [0.25, 0.3) is 0 Å². The largest absolute Gasteiger partial charge is 0.305 e. The van der Waals surface area contributed by atoms with Crippen LogP contribution in [-0.4, -0.2) is 38.2 Å². The van der Waals surface area contributed by atoms with Gasteiger partial charge in [0.1, 0.15) is 0 Å². The van der Waals surface area contributed by atoms with Crippen molar-refractivity contribution in [1.82, 2.24) is 10.4 Å². The minimum atomic E-state index is 0. The molecule has 0 bridgehead atoms. The Morgan fingerprint density at radius 1 is 1.50 bits per heavy atom. The topological polar surface area (TPSA) is 24.5 Å². The molecule has 0 aromatic rings. The highest BCUT2D eigenvalue weighted by Gasteiger charge is 2.17. The quantitative estimate of drug-likeness (QED) is 0.652. The fourth-order valence-electron chi connectivity index (χ4n) is 1.58. The molecule has 1 unspecified atom stereocenters. The van der Waals surface area contributed by atoms with Crippen molar-refractivity contribution in [2.24, 2.45) is 0 Å². The van der Waals surface area contributed by atoms with Crippen LogP contribution in [0.25, 0.3) is 0 Å². The third kappa shape index (κ3) is 3.52. The highest BCUT2D eigenvalue weighted by molar-refractivity contribution is 4.74. The number of likely N-dealkylation sites (tertiary alicyclic amines) is 1. The Hall–Kier alpha value is -0.120. The first-order valence-corrected chi connectivity index (χ1v) is 4.30.